The molecule has 0 saturated carbocycles. The molecule has 158 valence electrons. The Morgan fingerprint density at radius 1 is 1.33 bits per heavy atom. The van der Waals surface area contributed by atoms with Gasteiger partial charge in [0.25, 0.3) is 0 Å². The summed E-state index contributed by atoms with van der Waals surface area (Å²) < 4.78 is 17.6. The highest BCUT2D eigenvalue weighted by atomic mass is 16.5. The lowest BCUT2D eigenvalue weighted by Crippen LogP contribution is -2.40. The zero-order valence-electron chi connectivity index (χ0n) is 17.5. The second-order valence-corrected chi connectivity index (χ2v) is 7.73. The molecule has 2 atom stereocenters. The van der Waals surface area contributed by atoms with Crippen LogP contribution in [-0.4, -0.2) is 36.8 Å². The number of benzene rings is 1. The minimum absolute atomic E-state index is 0.00653. The van der Waals surface area contributed by atoms with Crippen molar-refractivity contribution in [2.45, 2.75) is 39.2 Å². The molecule has 30 heavy (non-hydrogen) atoms. The van der Waals surface area contributed by atoms with Crippen LogP contribution in [-0.2, 0) is 11.2 Å². The van der Waals surface area contributed by atoms with Crippen molar-refractivity contribution in [3.05, 3.63) is 59.6 Å². The molecule has 1 fully saturated rings. The van der Waals surface area contributed by atoms with Crippen molar-refractivity contribution in [2.75, 3.05) is 19.7 Å². The number of aryl methyl sites for hydroxylation is 1. The average Bonchev–Trinajstić information content (AvgIpc) is 3.12. The van der Waals surface area contributed by atoms with Gasteiger partial charge in [-0.05, 0) is 57.0 Å². The number of aromatic nitrogens is 1. The minimum atomic E-state index is -0.444. The highest BCUT2D eigenvalue weighted by molar-refractivity contribution is 5.98. The Bertz CT molecular complexity index is 993. The number of fused-ring (bicyclic) bond motifs is 1. The molecule has 1 N–H and O–H groups in total. The Labute approximate surface area is 176 Å². The number of furan rings is 1. The Morgan fingerprint density at radius 3 is 2.97 bits per heavy atom. The van der Waals surface area contributed by atoms with Crippen LogP contribution in [0.1, 0.15) is 41.4 Å². The number of ether oxygens (including phenoxy) is 2. The topological polar surface area (TPSA) is 73.6 Å². The van der Waals surface area contributed by atoms with Gasteiger partial charge in [-0.15, -0.1) is 0 Å². The van der Waals surface area contributed by atoms with E-state index in [2.05, 4.69) is 16.4 Å². The van der Waals surface area contributed by atoms with E-state index < -0.39 is 5.97 Å². The van der Waals surface area contributed by atoms with E-state index in [0.29, 0.717) is 18.1 Å². The second-order valence-electron chi connectivity index (χ2n) is 7.73. The van der Waals surface area contributed by atoms with Crippen molar-refractivity contribution in [3.8, 4) is 5.75 Å². The number of rotatable bonds is 7. The summed E-state index contributed by atoms with van der Waals surface area (Å²) in [5.41, 5.74) is 2.53. The van der Waals surface area contributed by atoms with Crippen LogP contribution in [0.25, 0.3) is 11.0 Å². The van der Waals surface area contributed by atoms with E-state index in [1.807, 2.05) is 37.4 Å². The molecule has 3 aromatic rings. The first-order valence-electron chi connectivity index (χ1n) is 10.6. The van der Waals surface area contributed by atoms with Gasteiger partial charge in [0.05, 0.1) is 12.0 Å². The number of carbonyl (C=O) groups excluding carboxylic acids is 1. The lowest BCUT2D eigenvalue weighted by atomic mass is 9.90. The van der Waals surface area contributed by atoms with Gasteiger partial charge in [0, 0.05) is 36.8 Å². The predicted molar refractivity (Wildman–Crippen MR) is 115 cm³/mol. The number of esters is 1. The summed E-state index contributed by atoms with van der Waals surface area (Å²) >= 11 is 0. The quantitative estimate of drug-likeness (QED) is 0.588. The van der Waals surface area contributed by atoms with Gasteiger partial charge < -0.3 is 19.2 Å². The van der Waals surface area contributed by atoms with Crippen molar-refractivity contribution in [1.82, 2.24) is 10.3 Å². The van der Waals surface area contributed by atoms with Gasteiger partial charge in [0.2, 0.25) is 5.76 Å². The predicted octanol–water partition coefficient (Wildman–Crippen LogP) is 4.30. The molecule has 1 aliphatic heterocycles. The maximum atomic E-state index is 12.3. The van der Waals surface area contributed by atoms with Gasteiger partial charge in [-0.1, -0.05) is 12.1 Å². The zero-order chi connectivity index (χ0) is 20.9. The monoisotopic (exact) mass is 408 g/mol. The first-order chi connectivity index (χ1) is 14.7. The fourth-order valence-corrected chi connectivity index (χ4v) is 4.17. The molecule has 2 unspecified atom stereocenters. The van der Waals surface area contributed by atoms with E-state index in [9.17, 15) is 4.79 Å². The Balaban J connectivity index is 1.67. The van der Waals surface area contributed by atoms with Crippen LogP contribution in [0.5, 0.6) is 5.75 Å². The molecule has 0 radical (unpaired) electrons. The number of nitrogens with one attached hydrogen (secondary N) is 1. The van der Waals surface area contributed by atoms with Crippen molar-refractivity contribution >= 4 is 16.9 Å². The van der Waals surface area contributed by atoms with E-state index in [0.717, 1.165) is 54.6 Å². The normalized spacial score (nSPS) is 17.6. The molecule has 3 heterocycles. The summed E-state index contributed by atoms with van der Waals surface area (Å²) in [6.45, 7) is 5.95. The number of carbonyl (C=O) groups is 1. The summed E-state index contributed by atoms with van der Waals surface area (Å²) in [6, 6.07) is 9.75. The van der Waals surface area contributed by atoms with Gasteiger partial charge in [-0.25, -0.2) is 4.79 Å². The Kier molecular flexibility index (Phi) is 6.33. The maximum Gasteiger partial charge on any atom is 0.374 e. The Hall–Kier alpha value is -2.86. The van der Waals surface area contributed by atoms with Gasteiger partial charge in [-0.3, -0.25) is 4.98 Å². The van der Waals surface area contributed by atoms with Crippen molar-refractivity contribution in [3.63, 3.8) is 0 Å². The molecule has 6 nitrogen and oxygen atoms in total. The molecule has 0 bridgehead atoms. The molecule has 1 aliphatic rings. The molecule has 0 aliphatic carbocycles. The average molecular weight is 408 g/mol. The number of pyridine rings is 1. The fourth-order valence-electron chi connectivity index (χ4n) is 4.17. The van der Waals surface area contributed by atoms with Gasteiger partial charge in [0.1, 0.15) is 17.4 Å². The molecule has 0 spiro atoms. The summed E-state index contributed by atoms with van der Waals surface area (Å²) in [6.07, 6.45) is 6.71. The zero-order valence-corrected chi connectivity index (χ0v) is 17.5. The van der Waals surface area contributed by atoms with E-state index in [1.165, 1.54) is 0 Å². The van der Waals surface area contributed by atoms with Crippen LogP contribution >= 0.6 is 0 Å². The van der Waals surface area contributed by atoms with Crippen LogP contribution in [0, 0.1) is 12.8 Å². The van der Waals surface area contributed by atoms with E-state index in [1.54, 1.807) is 13.1 Å². The maximum absolute atomic E-state index is 12.3. The van der Waals surface area contributed by atoms with Gasteiger partial charge >= 0.3 is 5.97 Å². The first-order valence-corrected chi connectivity index (χ1v) is 10.6. The molecular formula is C24H28N2O4. The lowest BCUT2D eigenvalue weighted by Gasteiger charge is -2.31. The molecule has 1 aromatic carbocycles. The highest BCUT2D eigenvalue weighted by Gasteiger charge is 2.28. The van der Waals surface area contributed by atoms with Crippen LogP contribution in [0.2, 0.25) is 0 Å². The van der Waals surface area contributed by atoms with E-state index >= 15 is 0 Å². The standard InChI is InChI=1S/C24H28N2O4/c1-3-28-24(27)23-16(2)22-19(9-4-10-20(22)30-23)29-21(18-8-6-12-26-15-18)13-17-7-5-11-25-14-17/h4-5,7,9-11,14,18,21,26H,3,6,8,12-13,15H2,1-2H3. The third-order valence-corrected chi connectivity index (χ3v) is 5.68. The van der Waals surface area contributed by atoms with E-state index in [4.69, 9.17) is 13.9 Å². The summed E-state index contributed by atoms with van der Waals surface area (Å²) in [5, 5.41) is 4.33. The first kappa shape index (κ1) is 20.4. The minimum Gasteiger partial charge on any atom is -0.489 e. The van der Waals surface area contributed by atoms with Crippen LogP contribution in [0.3, 0.4) is 0 Å². The van der Waals surface area contributed by atoms with Crippen LogP contribution in [0.4, 0.5) is 0 Å². The van der Waals surface area contributed by atoms with Gasteiger partial charge in [0.15, 0.2) is 0 Å². The molecular weight excluding hydrogens is 380 g/mol. The van der Waals surface area contributed by atoms with Gasteiger partial charge in [-0.2, -0.15) is 0 Å². The highest BCUT2D eigenvalue weighted by Crippen LogP contribution is 2.35. The molecule has 0 amide bonds. The summed E-state index contributed by atoms with van der Waals surface area (Å²) in [7, 11) is 0. The molecule has 4 rings (SSSR count). The Morgan fingerprint density at radius 2 is 2.23 bits per heavy atom. The summed E-state index contributed by atoms with van der Waals surface area (Å²) in [5.74, 6) is 0.932. The molecule has 1 saturated heterocycles. The van der Waals surface area contributed by atoms with Crippen LogP contribution < -0.4 is 10.1 Å². The number of hydrogen-bond donors (Lipinski definition) is 1. The van der Waals surface area contributed by atoms with E-state index in [-0.39, 0.29) is 11.9 Å². The third kappa shape index (κ3) is 4.33. The lowest BCUT2D eigenvalue weighted by molar-refractivity contribution is 0.0491. The van der Waals surface area contributed by atoms with Crippen molar-refractivity contribution in [2.24, 2.45) is 5.92 Å². The largest absolute Gasteiger partial charge is 0.489 e. The molecule has 6 heteroatoms. The number of hydrogen-bond acceptors (Lipinski definition) is 6. The fraction of sp³-hybridized carbons (Fsp3) is 0.417. The second kappa shape index (κ2) is 9.30. The van der Waals surface area contributed by atoms with Crippen LogP contribution in [0.15, 0.2) is 47.1 Å². The molecule has 2 aromatic heterocycles. The smallest absolute Gasteiger partial charge is 0.374 e. The van der Waals surface area contributed by atoms with Crippen molar-refractivity contribution < 1.29 is 18.7 Å². The number of piperidine rings is 1. The SMILES string of the molecule is CCOC(=O)c1oc2cccc(OC(Cc3cccnc3)C3CCCNC3)c2c1C. The van der Waals surface area contributed by atoms with Crippen molar-refractivity contribution in [1.29, 1.82) is 0 Å². The summed E-state index contributed by atoms with van der Waals surface area (Å²) in [4.78, 5) is 16.5. The third-order valence-electron chi connectivity index (χ3n) is 5.68. The number of nitrogens with zero attached hydrogens (tertiary/aromatic N) is 1.